The van der Waals surface area contributed by atoms with E-state index in [1.807, 2.05) is 18.2 Å². The molecule has 1 rings (SSSR count). The number of ether oxygens (including phenoxy) is 1. The molecule has 4 N–H and O–H groups in total. The van der Waals surface area contributed by atoms with Crippen molar-refractivity contribution >= 4 is 11.8 Å². The van der Waals surface area contributed by atoms with Crippen molar-refractivity contribution in [2.45, 2.75) is 11.9 Å². The molecule has 1 aromatic rings. The summed E-state index contributed by atoms with van der Waals surface area (Å²) >= 11 is 1.56. The third kappa shape index (κ3) is 5.53. The summed E-state index contributed by atoms with van der Waals surface area (Å²) in [5.41, 5.74) is 7.27. The molecule has 0 saturated heterocycles. The molecule has 0 aliphatic rings. The lowest BCUT2D eigenvalue weighted by atomic mass is 10.1. The Morgan fingerprint density at radius 2 is 2.26 bits per heavy atom. The highest BCUT2D eigenvalue weighted by atomic mass is 32.2. The fraction of sp³-hybridized carbons (Fsp3) is 0.429. The van der Waals surface area contributed by atoms with E-state index in [2.05, 4.69) is 11.8 Å². The van der Waals surface area contributed by atoms with E-state index in [0.29, 0.717) is 12.3 Å². The molecule has 19 heavy (non-hydrogen) atoms. The Hall–Kier alpha value is -1.19. The van der Waals surface area contributed by atoms with Crippen LogP contribution >= 0.6 is 11.8 Å². The highest BCUT2D eigenvalue weighted by Gasteiger charge is 2.05. The van der Waals surface area contributed by atoms with E-state index < -0.39 is 6.10 Å². The molecule has 0 amide bonds. The number of aliphatic hydroxyl groups is 2. The average Bonchev–Trinajstić information content (AvgIpc) is 2.45. The normalized spacial score (nSPS) is 11.6. The zero-order chi connectivity index (χ0) is 14.1. The molecule has 0 spiro atoms. The SMILES string of the molecule is COc1ccc(CSCC(O)CO)cc1C#CCN. The lowest BCUT2D eigenvalue weighted by Gasteiger charge is -2.08. The van der Waals surface area contributed by atoms with Gasteiger partial charge in [0.25, 0.3) is 0 Å². The molecule has 5 heteroatoms. The molecule has 0 aliphatic heterocycles. The molecule has 1 aromatic carbocycles. The van der Waals surface area contributed by atoms with Gasteiger partial charge < -0.3 is 20.7 Å². The van der Waals surface area contributed by atoms with Crippen LogP contribution in [-0.2, 0) is 5.75 Å². The van der Waals surface area contributed by atoms with E-state index in [4.69, 9.17) is 15.6 Å². The van der Waals surface area contributed by atoms with E-state index in [-0.39, 0.29) is 6.61 Å². The Kier molecular flexibility index (Phi) is 7.38. The van der Waals surface area contributed by atoms with Gasteiger partial charge in [-0.2, -0.15) is 11.8 Å². The topological polar surface area (TPSA) is 75.7 Å². The van der Waals surface area contributed by atoms with Gasteiger partial charge in [0.15, 0.2) is 0 Å². The maximum atomic E-state index is 9.26. The quantitative estimate of drug-likeness (QED) is 0.666. The van der Waals surface area contributed by atoms with Gasteiger partial charge >= 0.3 is 0 Å². The molecule has 1 unspecified atom stereocenters. The Balaban J connectivity index is 2.69. The van der Waals surface area contributed by atoms with Crippen molar-refractivity contribution in [2.24, 2.45) is 5.73 Å². The van der Waals surface area contributed by atoms with Crippen LogP contribution in [0.15, 0.2) is 18.2 Å². The van der Waals surface area contributed by atoms with Gasteiger partial charge in [-0.3, -0.25) is 0 Å². The predicted molar refractivity (Wildman–Crippen MR) is 78.2 cm³/mol. The summed E-state index contributed by atoms with van der Waals surface area (Å²) in [6.07, 6.45) is -0.667. The summed E-state index contributed by atoms with van der Waals surface area (Å²) < 4.78 is 5.23. The van der Waals surface area contributed by atoms with Crippen molar-refractivity contribution < 1.29 is 14.9 Å². The first-order valence-corrected chi connectivity index (χ1v) is 7.09. The van der Waals surface area contributed by atoms with Crippen LogP contribution in [0.2, 0.25) is 0 Å². The van der Waals surface area contributed by atoms with Crippen molar-refractivity contribution in [3.63, 3.8) is 0 Å². The van der Waals surface area contributed by atoms with Crippen LogP contribution in [0.5, 0.6) is 5.75 Å². The van der Waals surface area contributed by atoms with Crippen molar-refractivity contribution in [1.82, 2.24) is 0 Å². The molecule has 0 heterocycles. The van der Waals surface area contributed by atoms with Crippen molar-refractivity contribution in [3.8, 4) is 17.6 Å². The fourth-order valence-electron chi connectivity index (χ4n) is 1.45. The van der Waals surface area contributed by atoms with Gasteiger partial charge in [-0.25, -0.2) is 0 Å². The minimum atomic E-state index is -0.667. The second-order valence-electron chi connectivity index (χ2n) is 3.89. The first-order chi connectivity index (χ1) is 9.21. The lowest BCUT2D eigenvalue weighted by molar-refractivity contribution is 0.113. The Morgan fingerprint density at radius 1 is 1.47 bits per heavy atom. The van der Waals surface area contributed by atoms with Crippen molar-refractivity contribution in [1.29, 1.82) is 0 Å². The standard InChI is InChI=1S/C14H19NO3S/c1-18-14-5-4-11(7-12(14)3-2-6-15)9-19-10-13(17)8-16/h4-5,7,13,16-17H,6,8-10,15H2,1H3. The number of thioether (sulfide) groups is 1. The second-order valence-corrected chi connectivity index (χ2v) is 4.92. The molecular weight excluding hydrogens is 262 g/mol. The monoisotopic (exact) mass is 281 g/mol. The Bertz CT molecular complexity index is 454. The number of benzene rings is 1. The number of hydrogen-bond donors (Lipinski definition) is 3. The molecule has 0 radical (unpaired) electrons. The number of methoxy groups -OCH3 is 1. The summed E-state index contributed by atoms with van der Waals surface area (Å²) in [4.78, 5) is 0. The zero-order valence-electron chi connectivity index (χ0n) is 10.9. The smallest absolute Gasteiger partial charge is 0.134 e. The Morgan fingerprint density at radius 3 is 2.89 bits per heavy atom. The van der Waals surface area contributed by atoms with Crippen LogP contribution in [0.1, 0.15) is 11.1 Å². The van der Waals surface area contributed by atoms with Gasteiger partial charge in [-0.1, -0.05) is 17.9 Å². The molecular formula is C14H19NO3S. The van der Waals surface area contributed by atoms with E-state index in [0.717, 1.165) is 22.6 Å². The van der Waals surface area contributed by atoms with E-state index in [1.165, 1.54) is 0 Å². The van der Waals surface area contributed by atoms with Gasteiger partial charge in [0, 0.05) is 11.5 Å². The van der Waals surface area contributed by atoms with Crippen molar-refractivity contribution in [2.75, 3.05) is 26.0 Å². The highest BCUT2D eigenvalue weighted by Crippen LogP contribution is 2.22. The molecule has 0 aromatic heterocycles. The van der Waals surface area contributed by atoms with Gasteiger partial charge in [0.05, 0.1) is 31.9 Å². The van der Waals surface area contributed by atoms with Gasteiger partial charge in [-0.15, -0.1) is 0 Å². The number of aliphatic hydroxyl groups excluding tert-OH is 2. The molecule has 1 atom stereocenters. The van der Waals surface area contributed by atoms with Crippen molar-refractivity contribution in [3.05, 3.63) is 29.3 Å². The summed E-state index contributed by atoms with van der Waals surface area (Å²) in [6.45, 7) is 0.105. The first kappa shape index (κ1) is 15.9. The molecule has 0 aliphatic carbocycles. The lowest BCUT2D eigenvalue weighted by Crippen LogP contribution is -2.14. The van der Waals surface area contributed by atoms with Crippen LogP contribution in [0.25, 0.3) is 0 Å². The van der Waals surface area contributed by atoms with Crippen LogP contribution in [0.4, 0.5) is 0 Å². The fourth-order valence-corrected chi connectivity index (χ4v) is 2.36. The van der Waals surface area contributed by atoms with E-state index in [1.54, 1.807) is 18.9 Å². The second kappa shape index (κ2) is 8.83. The maximum Gasteiger partial charge on any atom is 0.134 e. The number of rotatable bonds is 6. The average molecular weight is 281 g/mol. The van der Waals surface area contributed by atoms with E-state index >= 15 is 0 Å². The molecule has 104 valence electrons. The number of nitrogens with two attached hydrogens (primary N) is 1. The largest absolute Gasteiger partial charge is 0.495 e. The first-order valence-electron chi connectivity index (χ1n) is 5.93. The van der Waals surface area contributed by atoms with Gasteiger partial charge in [-0.05, 0) is 17.7 Å². The van der Waals surface area contributed by atoms with Gasteiger partial charge in [0.2, 0.25) is 0 Å². The van der Waals surface area contributed by atoms with E-state index in [9.17, 15) is 5.11 Å². The third-order valence-electron chi connectivity index (χ3n) is 2.38. The molecule has 0 fully saturated rings. The van der Waals surface area contributed by atoms with Gasteiger partial charge in [0.1, 0.15) is 5.75 Å². The summed E-state index contributed by atoms with van der Waals surface area (Å²) in [5, 5.41) is 18.0. The molecule has 0 bridgehead atoms. The minimum absolute atomic E-state index is 0.206. The summed E-state index contributed by atoms with van der Waals surface area (Å²) in [6, 6.07) is 5.80. The van der Waals surface area contributed by atoms with Crippen LogP contribution < -0.4 is 10.5 Å². The Labute approximate surface area is 118 Å². The summed E-state index contributed by atoms with van der Waals surface area (Å²) in [5.74, 6) is 7.77. The highest BCUT2D eigenvalue weighted by molar-refractivity contribution is 7.98. The van der Waals surface area contributed by atoms with Crippen LogP contribution in [0, 0.1) is 11.8 Å². The minimum Gasteiger partial charge on any atom is -0.495 e. The van der Waals surface area contributed by atoms with Crippen LogP contribution in [0.3, 0.4) is 0 Å². The number of hydrogen-bond acceptors (Lipinski definition) is 5. The third-order valence-corrected chi connectivity index (χ3v) is 3.54. The molecule has 0 saturated carbocycles. The van der Waals surface area contributed by atoms with Crippen LogP contribution in [-0.4, -0.2) is 42.3 Å². The molecule has 4 nitrogen and oxygen atoms in total. The summed E-state index contributed by atoms with van der Waals surface area (Å²) in [7, 11) is 1.61. The maximum absolute atomic E-state index is 9.26. The zero-order valence-corrected chi connectivity index (χ0v) is 11.7. The predicted octanol–water partition coefficient (Wildman–Crippen LogP) is 0.592.